The van der Waals surface area contributed by atoms with E-state index in [1.54, 1.807) is 49.4 Å². The Bertz CT molecular complexity index is 2060. The lowest BCUT2D eigenvalue weighted by Gasteiger charge is -2.16. The molecule has 1 aliphatic carbocycles. The predicted molar refractivity (Wildman–Crippen MR) is 171 cm³/mol. The maximum atomic E-state index is 14.0. The highest BCUT2D eigenvalue weighted by Crippen LogP contribution is 2.35. The Morgan fingerprint density at radius 2 is 1.74 bits per heavy atom. The first-order valence-electron chi connectivity index (χ1n) is 15.1. The molecule has 4 N–H and O–H groups in total. The van der Waals surface area contributed by atoms with Gasteiger partial charge in [0.15, 0.2) is 11.3 Å². The van der Waals surface area contributed by atoms with Crippen molar-refractivity contribution in [3.8, 4) is 0 Å². The molecule has 0 bridgehead atoms. The molecule has 0 spiro atoms. The van der Waals surface area contributed by atoms with Crippen LogP contribution in [0.1, 0.15) is 89.0 Å². The monoisotopic (exact) mass is 634 g/mol. The number of aromatic carboxylic acids is 1. The number of aryl methyl sites for hydroxylation is 1. The fraction of sp³-hybridized carbons (Fsp3) is 0.200. The van der Waals surface area contributed by atoms with Crippen molar-refractivity contribution in [1.82, 2.24) is 25.2 Å². The number of anilines is 1. The predicted octanol–water partition coefficient (Wildman–Crippen LogP) is 5.04. The van der Waals surface area contributed by atoms with Gasteiger partial charge in [-0.3, -0.25) is 14.4 Å². The number of rotatable bonds is 9. The second kappa shape index (κ2) is 12.8. The highest BCUT2D eigenvalue weighted by atomic mass is 19.1. The molecule has 1 atom stereocenters. The summed E-state index contributed by atoms with van der Waals surface area (Å²) in [6.45, 7) is 3.69. The van der Waals surface area contributed by atoms with E-state index in [-0.39, 0.29) is 40.7 Å². The standard InChI is InChI=1S/C35H31FN6O5/c1-3-21-15-20(9-13-26(21)36)18-37-32(43)28-16-30(34(45)40-27-14-12-23-19(2)24(35(46)47)10-11-25(23)27)42-31(39-28)17-29(41-42)33(44)38-22-7-5-4-6-8-22/h4-11,13,15-17,27H,3,12,14,18H2,1-2H3,(H,37,43)(H,38,44)(H,40,45)(H,46,47)/t27-/m0/s1. The van der Waals surface area contributed by atoms with Crippen molar-refractivity contribution < 1.29 is 28.7 Å². The van der Waals surface area contributed by atoms with Crippen LogP contribution >= 0.6 is 0 Å². The Kier molecular flexibility index (Phi) is 8.49. The zero-order chi connectivity index (χ0) is 33.2. The van der Waals surface area contributed by atoms with Crippen LogP contribution in [0.3, 0.4) is 0 Å². The maximum Gasteiger partial charge on any atom is 0.335 e. The number of fused-ring (bicyclic) bond motifs is 2. The van der Waals surface area contributed by atoms with Gasteiger partial charge in [-0.2, -0.15) is 5.10 Å². The molecule has 0 unspecified atom stereocenters. The molecule has 0 aliphatic heterocycles. The second-order valence-electron chi connectivity index (χ2n) is 11.3. The molecule has 12 heteroatoms. The summed E-state index contributed by atoms with van der Waals surface area (Å²) in [5.74, 6) is -3.01. The summed E-state index contributed by atoms with van der Waals surface area (Å²) in [4.78, 5) is 56.3. The van der Waals surface area contributed by atoms with Crippen molar-refractivity contribution in [3.63, 3.8) is 0 Å². The van der Waals surface area contributed by atoms with E-state index < -0.39 is 29.7 Å². The van der Waals surface area contributed by atoms with E-state index in [4.69, 9.17) is 0 Å². The molecule has 0 saturated heterocycles. The molecule has 1 aliphatic rings. The van der Waals surface area contributed by atoms with E-state index in [1.807, 2.05) is 13.0 Å². The van der Waals surface area contributed by atoms with Crippen LogP contribution in [0.25, 0.3) is 5.65 Å². The Hall–Kier alpha value is -5.91. The third kappa shape index (κ3) is 6.30. The molecule has 11 nitrogen and oxygen atoms in total. The van der Waals surface area contributed by atoms with Crippen LogP contribution in [0.2, 0.25) is 0 Å². The number of aromatic nitrogens is 3. The number of benzene rings is 3. The quantitative estimate of drug-likeness (QED) is 0.177. The van der Waals surface area contributed by atoms with E-state index in [0.29, 0.717) is 41.6 Å². The largest absolute Gasteiger partial charge is 0.478 e. The number of carbonyl (C=O) groups is 4. The molecule has 2 heterocycles. The Morgan fingerprint density at radius 3 is 2.49 bits per heavy atom. The van der Waals surface area contributed by atoms with Crippen molar-refractivity contribution >= 4 is 35.0 Å². The molecule has 2 aromatic heterocycles. The number of nitrogens with one attached hydrogen (secondary N) is 3. The van der Waals surface area contributed by atoms with E-state index >= 15 is 0 Å². The van der Waals surface area contributed by atoms with Crippen LogP contribution in [-0.4, -0.2) is 43.4 Å². The molecule has 47 heavy (non-hydrogen) atoms. The van der Waals surface area contributed by atoms with Crippen molar-refractivity contribution in [2.75, 3.05) is 5.32 Å². The minimum Gasteiger partial charge on any atom is -0.478 e. The number of halogens is 1. The van der Waals surface area contributed by atoms with Crippen molar-refractivity contribution in [2.45, 2.75) is 45.7 Å². The average molecular weight is 635 g/mol. The van der Waals surface area contributed by atoms with Crippen LogP contribution in [0, 0.1) is 12.7 Å². The molecular formula is C35H31FN6O5. The molecule has 3 aromatic carbocycles. The third-order valence-corrected chi connectivity index (χ3v) is 8.33. The lowest BCUT2D eigenvalue weighted by atomic mass is 9.98. The number of carboxylic acid groups (broad SMARTS) is 1. The summed E-state index contributed by atoms with van der Waals surface area (Å²) in [6, 6.07) is 18.9. The van der Waals surface area contributed by atoms with Crippen LogP contribution in [0.15, 0.2) is 72.8 Å². The number of hydrogen-bond acceptors (Lipinski definition) is 6. The number of amides is 3. The fourth-order valence-corrected chi connectivity index (χ4v) is 5.86. The van der Waals surface area contributed by atoms with Crippen molar-refractivity contribution in [3.05, 3.63) is 129 Å². The normalized spacial score (nSPS) is 13.6. The maximum absolute atomic E-state index is 14.0. The topological polar surface area (TPSA) is 155 Å². The molecule has 3 amide bonds. The van der Waals surface area contributed by atoms with E-state index in [9.17, 15) is 28.7 Å². The van der Waals surface area contributed by atoms with Gasteiger partial charge in [-0.1, -0.05) is 43.3 Å². The minimum atomic E-state index is -1.02. The van der Waals surface area contributed by atoms with Gasteiger partial charge >= 0.3 is 5.97 Å². The van der Waals surface area contributed by atoms with Gasteiger partial charge in [0, 0.05) is 24.4 Å². The van der Waals surface area contributed by atoms with E-state index in [2.05, 4.69) is 26.0 Å². The molecule has 5 aromatic rings. The zero-order valence-corrected chi connectivity index (χ0v) is 25.6. The fourth-order valence-electron chi connectivity index (χ4n) is 5.86. The molecule has 238 valence electrons. The Balaban J connectivity index is 1.31. The van der Waals surface area contributed by atoms with Gasteiger partial charge in [-0.25, -0.2) is 18.7 Å². The zero-order valence-electron chi connectivity index (χ0n) is 25.6. The number of nitrogens with zero attached hydrogens (tertiary/aromatic N) is 3. The SMILES string of the molecule is CCc1cc(CNC(=O)c2cc(C(=O)N[C@H]3CCc4c3ccc(C(=O)O)c4C)n3nc(C(=O)Nc4ccccc4)cc3n2)ccc1F. The van der Waals surface area contributed by atoms with Gasteiger partial charge in [0.2, 0.25) is 0 Å². The Labute approximate surface area is 268 Å². The summed E-state index contributed by atoms with van der Waals surface area (Å²) in [5, 5.41) is 22.4. The smallest absolute Gasteiger partial charge is 0.335 e. The summed E-state index contributed by atoms with van der Waals surface area (Å²) in [7, 11) is 0. The van der Waals surface area contributed by atoms with Crippen molar-refractivity contribution in [1.29, 1.82) is 0 Å². The molecular weight excluding hydrogens is 603 g/mol. The van der Waals surface area contributed by atoms with Gasteiger partial charge in [-0.05, 0) is 78.3 Å². The third-order valence-electron chi connectivity index (χ3n) is 8.33. The van der Waals surface area contributed by atoms with Gasteiger partial charge in [0.05, 0.1) is 11.6 Å². The van der Waals surface area contributed by atoms with Gasteiger partial charge in [0.25, 0.3) is 17.7 Å². The summed E-state index contributed by atoms with van der Waals surface area (Å²) < 4.78 is 15.2. The summed E-state index contributed by atoms with van der Waals surface area (Å²) in [5.41, 5.74) is 4.31. The summed E-state index contributed by atoms with van der Waals surface area (Å²) in [6.07, 6.45) is 1.63. The minimum absolute atomic E-state index is 0.0191. The molecule has 0 saturated carbocycles. The van der Waals surface area contributed by atoms with Crippen molar-refractivity contribution in [2.24, 2.45) is 0 Å². The van der Waals surface area contributed by atoms with E-state index in [1.165, 1.54) is 28.8 Å². The van der Waals surface area contributed by atoms with Crippen LogP contribution in [0.4, 0.5) is 10.1 Å². The number of hydrogen-bond donors (Lipinski definition) is 4. The lowest BCUT2D eigenvalue weighted by molar-refractivity contribution is 0.0695. The van der Waals surface area contributed by atoms with Crippen LogP contribution in [0.5, 0.6) is 0 Å². The second-order valence-corrected chi connectivity index (χ2v) is 11.3. The average Bonchev–Trinajstić information content (AvgIpc) is 3.69. The first-order chi connectivity index (χ1) is 22.6. The molecule has 0 radical (unpaired) electrons. The highest BCUT2D eigenvalue weighted by molar-refractivity contribution is 6.04. The Morgan fingerprint density at radius 1 is 0.957 bits per heavy atom. The molecule has 6 rings (SSSR count). The van der Waals surface area contributed by atoms with Gasteiger partial charge < -0.3 is 21.1 Å². The first-order valence-corrected chi connectivity index (χ1v) is 15.1. The number of carbonyl (C=O) groups excluding carboxylic acids is 3. The van der Waals surface area contributed by atoms with Crippen LogP contribution in [-0.2, 0) is 19.4 Å². The van der Waals surface area contributed by atoms with Gasteiger partial charge in [0.1, 0.15) is 17.2 Å². The highest BCUT2D eigenvalue weighted by Gasteiger charge is 2.29. The van der Waals surface area contributed by atoms with Crippen LogP contribution < -0.4 is 16.0 Å². The lowest BCUT2D eigenvalue weighted by Crippen LogP contribution is -2.30. The number of carboxylic acids is 1. The molecule has 0 fully saturated rings. The summed E-state index contributed by atoms with van der Waals surface area (Å²) >= 11 is 0. The first kappa shape index (κ1) is 31.1. The number of para-hydroxylation sites is 1. The van der Waals surface area contributed by atoms with E-state index in [0.717, 1.165) is 11.1 Å². The van der Waals surface area contributed by atoms with Gasteiger partial charge in [-0.15, -0.1) is 0 Å².